The van der Waals surface area contributed by atoms with Crippen LogP contribution in [0.25, 0.3) is 0 Å². The fourth-order valence-corrected chi connectivity index (χ4v) is 2.38. The van der Waals surface area contributed by atoms with E-state index < -0.39 is 5.60 Å². The summed E-state index contributed by atoms with van der Waals surface area (Å²) >= 11 is 0. The zero-order valence-corrected chi connectivity index (χ0v) is 16.0. The molecule has 6 heteroatoms. The second kappa shape index (κ2) is 8.49. The molecule has 0 fully saturated rings. The van der Waals surface area contributed by atoms with Gasteiger partial charge in [-0.3, -0.25) is 14.9 Å². The molecule has 3 rings (SSSR count). The van der Waals surface area contributed by atoms with Gasteiger partial charge in [-0.1, -0.05) is 12.1 Å². The van der Waals surface area contributed by atoms with E-state index in [1.54, 1.807) is 36.4 Å². The van der Waals surface area contributed by atoms with Gasteiger partial charge in [0.2, 0.25) is 0 Å². The van der Waals surface area contributed by atoms with Gasteiger partial charge in [0.25, 0.3) is 11.8 Å². The van der Waals surface area contributed by atoms with Gasteiger partial charge in [-0.25, -0.2) is 4.79 Å². The molecule has 0 saturated carbocycles. The number of benzene rings is 2. The van der Waals surface area contributed by atoms with E-state index in [1.807, 2.05) is 39.8 Å². The summed E-state index contributed by atoms with van der Waals surface area (Å²) in [6.07, 6.45) is 0. The van der Waals surface area contributed by atoms with Crippen molar-refractivity contribution in [3.63, 3.8) is 0 Å². The number of rotatable bonds is 3. The first kappa shape index (κ1) is 20.2. The number of fused-ring (bicyclic) bond motifs is 1. The molecule has 142 valence electrons. The number of anilines is 1. The summed E-state index contributed by atoms with van der Waals surface area (Å²) in [6, 6.07) is 14.0. The lowest BCUT2D eigenvalue weighted by atomic mass is 10.1. The van der Waals surface area contributed by atoms with Crippen LogP contribution in [0.2, 0.25) is 0 Å². The lowest BCUT2D eigenvalue weighted by Crippen LogP contribution is -2.23. The molecule has 2 N–H and O–H groups in total. The monoisotopic (exact) mass is 368 g/mol. The molecule has 27 heavy (non-hydrogen) atoms. The van der Waals surface area contributed by atoms with Crippen molar-refractivity contribution in [1.29, 1.82) is 0 Å². The van der Waals surface area contributed by atoms with E-state index in [0.717, 1.165) is 12.2 Å². The average molecular weight is 368 g/mol. The molecular weight excluding hydrogens is 344 g/mol. The Bertz CT molecular complexity index is 803. The molecule has 0 aliphatic carbocycles. The molecule has 2 aromatic carbocycles. The summed E-state index contributed by atoms with van der Waals surface area (Å²) in [4.78, 5) is 33.6. The Hall–Kier alpha value is -3.15. The van der Waals surface area contributed by atoms with Crippen molar-refractivity contribution in [3.8, 4) is 0 Å². The first-order chi connectivity index (χ1) is 12.7. The Labute approximate surface area is 158 Å². The van der Waals surface area contributed by atoms with Gasteiger partial charge in [-0.2, -0.15) is 0 Å². The molecule has 0 bridgehead atoms. The zero-order valence-electron chi connectivity index (χ0n) is 16.0. The van der Waals surface area contributed by atoms with Crippen molar-refractivity contribution in [3.05, 3.63) is 65.2 Å². The van der Waals surface area contributed by atoms with Crippen LogP contribution < -0.4 is 10.6 Å². The molecular formula is C21H24N2O4. The van der Waals surface area contributed by atoms with Gasteiger partial charge in [0, 0.05) is 12.2 Å². The van der Waals surface area contributed by atoms with E-state index >= 15 is 0 Å². The molecule has 0 atom stereocenters. The van der Waals surface area contributed by atoms with Gasteiger partial charge < -0.3 is 10.1 Å². The Morgan fingerprint density at radius 3 is 1.93 bits per heavy atom. The SMILES string of the molecule is CCNc1ccc(C(=O)OC(C)(C)C)cc1.O=C1NC(=O)c2ccccc21. The molecule has 1 aliphatic heterocycles. The van der Waals surface area contributed by atoms with E-state index in [-0.39, 0.29) is 17.8 Å². The highest BCUT2D eigenvalue weighted by Gasteiger charge is 2.25. The number of hydrogen-bond acceptors (Lipinski definition) is 5. The van der Waals surface area contributed by atoms with Gasteiger partial charge in [-0.15, -0.1) is 0 Å². The summed E-state index contributed by atoms with van der Waals surface area (Å²) in [6.45, 7) is 8.47. The van der Waals surface area contributed by atoms with Crippen LogP contribution in [0.5, 0.6) is 0 Å². The lowest BCUT2D eigenvalue weighted by molar-refractivity contribution is 0.00693. The topological polar surface area (TPSA) is 84.5 Å². The molecule has 1 heterocycles. The van der Waals surface area contributed by atoms with Crippen molar-refractivity contribution < 1.29 is 19.1 Å². The minimum Gasteiger partial charge on any atom is -0.456 e. The van der Waals surface area contributed by atoms with E-state index in [1.165, 1.54) is 0 Å². The second-order valence-corrected chi connectivity index (χ2v) is 6.94. The first-order valence-corrected chi connectivity index (χ1v) is 8.73. The van der Waals surface area contributed by atoms with E-state index in [4.69, 9.17) is 4.74 Å². The molecule has 0 spiro atoms. The maximum absolute atomic E-state index is 11.7. The number of hydrogen-bond donors (Lipinski definition) is 2. The van der Waals surface area contributed by atoms with Crippen molar-refractivity contribution in [2.45, 2.75) is 33.3 Å². The van der Waals surface area contributed by atoms with Gasteiger partial charge in [-0.05, 0) is 64.1 Å². The summed E-state index contributed by atoms with van der Waals surface area (Å²) in [5.41, 5.74) is 2.08. The minimum absolute atomic E-state index is 0.282. The van der Waals surface area contributed by atoms with Gasteiger partial charge in [0.05, 0.1) is 16.7 Å². The third kappa shape index (κ3) is 5.67. The van der Waals surface area contributed by atoms with Crippen LogP contribution in [-0.2, 0) is 4.74 Å². The Balaban J connectivity index is 0.000000206. The number of carbonyl (C=O) groups excluding carboxylic acids is 3. The molecule has 6 nitrogen and oxygen atoms in total. The minimum atomic E-state index is -0.447. The van der Waals surface area contributed by atoms with Gasteiger partial charge in [0.1, 0.15) is 5.60 Å². The molecule has 1 aliphatic rings. The first-order valence-electron chi connectivity index (χ1n) is 8.73. The highest BCUT2D eigenvalue weighted by atomic mass is 16.6. The molecule has 0 unspecified atom stereocenters. The van der Waals surface area contributed by atoms with E-state index in [0.29, 0.717) is 16.7 Å². The average Bonchev–Trinajstić information content (AvgIpc) is 2.90. The highest BCUT2D eigenvalue weighted by molar-refractivity contribution is 6.21. The van der Waals surface area contributed by atoms with Crippen molar-refractivity contribution >= 4 is 23.5 Å². The van der Waals surface area contributed by atoms with Crippen LogP contribution in [0.4, 0.5) is 5.69 Å². The maximum atomic E-state index is 11.7. The fourth-order valence-electron chi connectivity index (χ4n) is 2.38. The Morgan fingerprint density at radius 1 is 0.963 bits per heavy atom. The Kier molecular flexibility index (Phi) is 6.34. The lowest BCUT2D eigenvalue weighted by Gasteiger charge is -2.19. The van der Waals surface area contributed by atoms with Crippen LogP contribution in [0.1, 0.15) is 58.8 Å². The van der Waals surface area contributed by atoms with Crippen molar-refractivity contribution in [2.75, 3.05) is 11.9 Å². The summed E-state index contributed by atoms with van der Waals surface area (Å²) in [5, 5.41) is 5.37. The number of amides is 2. The number of imide groups is 1. The maximum Gasteiger partial charge on any atom is 0.338 e. The summed E-state index contributed by atoms with van der Waals surface area (Å²) in [5.74, 6) is -0.883. The smallest absolute Gasteiger partial charge is 0.338 e. The van der Waals surface area contributed by atoms with Crippen LogP contribution in [0.3, 0.4) is 0 Å². The quantitative estimate of drug-likeness (QED) is 0.638. The number of ether oxygens (including phenoxy) is 1. The molecule has 2 amide bonds. The fraction of sp³-hybridized carbons (Fsp3) is 0.286. The van der Waals surface area contributed by atoms with Gasteiger partial charge in [0.15, 0.2) is 0 Å². The zero-order chi connectivity index (χ0) is 20.0. The molecule has 2 aromatic rings. The van der Waals surface area contributed by atoms with Gasteiger partial charge >= 0.3 is 5.97 Å². The molecule has 0 aromatic heterocycles. The van der Waals surface area contributed by atoms with Crippen molar-refractivity contribution in [1.82, 2.24) is 5.32 Å². The third-order valence-electron chi connectivity index (χ3n) is 3.54. The predicted molar refractivity (Wildman–Crippen MR) is 104 cm³/mol. The molecule has 0 radical (unpaired) electrons. The van der Waals surface area contributed by atoms with Crippen LogP contribution >= 0.6 is 0 Å². The molecule has 0 saturated heterocycles. The third-order valence-corrected chi connectivity index (χ3v) is 3.54. The van der Waals surface area contributed by atoms with Crippen LogP contribution in [0, 0.1) is 0 Å². The van der Waals surface area contributed by atoms with Crippen LogP contribution in [0.15, 0.2) is 48.5 Å². The largest absolute Gasteiger partial charge is 0.456 e. The van der Waals surface area contributed by atoms with E-state index in [9.17, 15) is 14.4 Å². The van der Waals surface area contributed by atoms with Crippen molar-refractivity contribution in [2.24, 2.45) is 0 Å². The highest BCUT2D eigenvalue weighted by Crippen LogP contribution is 2.15. The van der Waals surface area contributed by atoms with Crippen LogP contribution in [-0.4, -0.2) is 29.9 Å². The van der Waals surface area contributed by atoms with E-state index in [2.05, 4.69) is 10.6 Å². The number of esters is 1. The standard InChI is InChI=1S/C13H19NO2.C8H5NO2/c1-5-14-11-8-6-10(7-9-11)12(15)16-13(2,3)4;10-7-5-3-1-2-4-6(5)8(11)9-7/h6-9,14H,5H2,1-4H3;1-4H,(H,9,10,11). The summed E-state index contributed by atoms with van der Waals surface area (Å²) < 4.78 is 5.26. The predicted octanol–water partition coefficient (Wildman–Crippen LogP) is 3.64. The summed E-state index contributed by atoms with van der Waals surface area (Å²) in [7, 11) is 0. The normalized spacial score (nSPS) is 12.4. The number of nitrogens with one attached hydrogen (secondary N) is 2. The second-order valence-electron chi connectivity index (χ2n) is 6.94. The number of carbonyl (C=O) groups is 3. The Morgan fingerprint density at radius 2 is 1.48 bits per heavy atom.